The Hall–Kier alpha value is -1.07. The highest BCUT2D eigenvalue weighted by molar-refractivity contribution is 9.10. The van der Waals surface area contributed by atoms with Gasteiger partial charge in [0.05, 0.1) is 0 Å². The van der Waals surface area contributed by atoms with Crippen LogP contribution in [0.1, 0.15) is 25.8 Å². The van der Waals surface area contributed by atoms with Gasteiger partial charge in [-0.1, -0.05) is 29.8 Å². The van der Waals surface area contributed by atoms with Crippen LogP contribution in [-0.2, 0) is 11.3 Å². The summed E-state index contributed by atoms with van der Waals surface area (Å²) in [4.78, 5) is 11.6. The molecule has 5 heteroatoms. The average Bonchev–Trinajstić information content (AvgIpc) is 2.36. The number of benzene rings is 1. The third-order valence-corrected chi connectivity index (χ3v) is 3.14. The minimum Gasteiger partial charge on any atom is -0.483 e. The van der Waals surface area contributed by atoms with E-state index in [-0.39, 0.29) is 12.5 Å². The van der Waals surface area contributed by atoms with Crippen LogP contribution in [0, 0.1) is 5.92 Å². The zero-order chi connectivity index (χ0) is 14.3. The molecule has 0 heterocycles. The van der Waals surface area contributed by atoms with Gasteiger partial charge >= 0.3 is 0 Å². The summed E-state index contributed by atoms with van der Waals surface area (Å²) >= 11 is 3.37. The molecular weight excluding hydrogens is 308 g/mol. The van der Waals surface area contributed by atoms with Crippen molar-refractivity contribution < 1.29 is 9.53 Å². The summed E-state index contributed by atoms with van der Waals surface area (Å²) in [6.07, 6.45) is 0.970. The second-order valence-electron chi connectivity index (χ2n) is 4.78. The molecule has 0 unspecified atom stereocenters. The van der Waals surface area contributed by atoms with E-state index in [2.05, 4.69) is 35.1 Å². The Kier molecular flexibility index (Phi) is 6.87. The molecule has 1 amide bonds. The average molecular weight is 329 g/mol. The number of halogens is 1. The van der Waals surface area contributed by atoms with Crippen LogP contribution in [0.3, 0.4) is 0 Å². The molecule has 0 radical (unpaired) electrons. The largest absolute Gasteiger partial charge is 0.483 e. The van der Waals surface area contributed by atoms with Crippen molar-refractivity contribution in [3.8, 4) is 5.75 Å². The molecule has 1 rings (SSSR count). The Bertz CT molecular complexity index is 422. The first kappa shape index (κ1) is 16.0. The summed E-state index contributed by atoms with van der Waals surface area (Å²) in [5.41, 5.74) is 6.52. The summed E-state index contributed by atoms with van der Waals surface area (Å²) in [6, 6.07) is 5.57. The highest BCUT2D eigenvalue weighted by atomic mass is 79.9. The number of nitrogens with one attached hydrogen (secondary N) is 1. The molecule has 0 aliphatic heterocycles. The first-order valence-corrected chi connectivity index (χ1v) is 7.20. The first-order valence-electron chi connectivity index (χ1n) is 6.41. The van der Waals surface area contributed by atoms with Gasteiger partial charge in [-0.3, -0.25) is 4.79 Å². The molecule has 0 atom stereocenters. The van der Waals surface area contributed by atoms with Crippen LogP contribution in [0.2, 0.25) is 0 Å². The summed E-state index contributed by atoms with van der Waals surface area (Å²) in [6.45, 7) is 5.33. The lowest BCUT2D eigenvalue weighted by atomic mass is 10.1. The van der Waals surface area contributed by atoms with Crippen LogP contribution in [-0.4, -0.2) is 19.1 Å². The molecule has 0 fully saturated rings. The van der Waals surface area contributed by atoms with Crippen molar-refractivity contribution >= 4 is 21.8 Å². The Morgan fingerprint density at radius 1 is 1.47 bits per heavy atom. The maximum Gasteiger partial charge on any atom is 0.257 e. The first-order chi connectivity index (χ1) is 9.02. The molecule has 3 N–H and O–H groups in total. The van der Waals surface area contributed by atoms with Crippen LogP contribution in [0.25, 0.3) is 0 Å². The van der Waals surface area contributed by atoms with Gasteiger partial charge < -0.3 is 15.8 Å². The smallest absolute Gasteiger partial charge is 0.257 e. The number of nitrogens with two attached hydrogens (primary N) is 1. The Morgan fingerprint density at radius 3 is 2.84 bits per heavy atom. The standard InChI is InChI=1S/C14H21BrN2O2/c1-10(2)5-6-17-14(18)9-19-13-4-3-12(15)7-11(13)8-16/h3-4,7,10H,5-6,8-9,16H2,1-2H3,(H,17,18). The molecule has 0 aliphatic carbocycles. The molecule has 0 spiro atoms. The fraction of sp³-hybridized carbons (Fsp3) is 0.500. The van der Waals surface area contributed by atoms with Gasteiger partial charge in [0.25, 0.3) is 5.91 Å². The van der Waals surface area contributed by atoms with Crippen molar-refractivity contribution in [2.45, 2.75) is 26.8 Å². The van der Waals surface area contributed by atoms with Crippen molar-refractivity contribution in [1.82, 2.24) is 5.32 Å². The molecule has 0 saturated carbocycles. The van der Waals surface area contributed by atoms with Gasteiger partial charge in [-0.25, -0.2) is 0 Å². The maximum absolute atomic E-state index is 11.6. The molecule has 19 heavy (non-hydrogen) atoms. The lowest BCUT2D eigenvalue weighted by Gasteiger charge is -2.11. The predicted molar refractivity (Wildman–Crippen MR) is 80.0 cm³/mol. The minimum absolute atomic E-state index is 0.0206. The van der Waals surface area contributed by atoms with Gasteiger partial charge in [0.15, 0.2) is 6.61 Å². The van der Waals surface area contributed by atoms with Gasteiger partial charge in [-0.05, 0) is 30.5 Å². The Labute approximate surface area is 122 Å². The number of amides is 1. The van der Waals surface area contributed by atoms with Crippen molar-refractivity contribution in [1.29, 1.82) is 0 Å². The van der Waals surface area contributed by atoms with Gasteiger partial charge in [-0.2, -0.15) is 0 Å². The molecule has 4 nitrogen and oxygen atoms in total. The van der Waals surface area contributed by atoms with Crippen molar-refractivity contribution in [3.05, 3.63) is 28.2 Å². The monoisotopic (exact) mass is 328 g/mol. The maximum atomic E-state index is 11.6. The van der Waals surface area contributed by atoms with E-state index >= 15 is 0 Å². The Balaban J connectivity index is 2.41. The molecule has 1 aromatic rings. The number of hydrogen-bond donors (Lipinski definition) is 2. The van der Waals surface area contributed by atoms with Crippen molar-refractivity contribution in [2.24, 2.45) is 11.7 Å². The zero-order valence-corrected chi connectivity index (χ0v) is 13.0. The van der Waals surface area contributed by atoms with Gasteiger partial charge in [0, 0.05) is 23.1 Å². The number of ether oxygens (including phenoxy) is 1. The quantitative estimate of drug-likeness (QED) is 0.808. The lowest BCUT2D eigenvalue weighted by molar-refractivity contribution is -0.123. The van der Waals surface area contributed by atoms with E-state index in [0.717, 1.165) is 16.5 Å². The van der Waals surface area contributed by atoms with Crippen LogP contribution in [0.15, 0.2) is 22.7 Å². The van der Waals surface area contributed by atoms with E-state index in [4.69, 9.17) is 10.5 Å². The molecule has 0 saturated heterocycles. The van der Waals surface area contributed by atoms with Crippen LogP contribution < -0.4 is 15.8 Å². The van der Waals surface area contributed by atoms with E-state index in [1.807, 2.05) is 18.2 Å². The van der Waals surface area contributed by atoms with E-state index in [1.165, 1.54) is 0 Å². The third kappa shape index (κ3) is 6.07. The highest BCUT2D eigenvalue weighted by Crippen LogP contribution is 2.22. The minimum atomic E-state index is -0.105. The van der Waals surface area contributed by atoms with Crippen LogP contribution >= 0.6 is 15.9 Å². The summed E-state index contributed by atoms with van der Waals surface area (Å²) in [5.74, 6) is 1.13. The van der Waals surface area contributed by atoms with E-state index in [1.54, 1.807) is 0 Å². The van der Waals surface area contributed by atoms with Crippen molar-refractivity contribution in [3.63, 3.8) is 0 Å². The van der Waals surface area contributed by atoms with Gasteiger partial charge in [0.2, 0.25) is 0 Å². The van der Waals surface area contributed by atoms with E-state index < -0.39 is 0 Å². The molecule has 1 aromatic carbocycles. The molecule has 106 valence electrons. The lowest BCUT2D eigenvalue weighted by Crippen LogP contribution is -2.30. The summed E-state index contributed by atoms with van der Waals surface area (Å²) < 4.78 is 6.44. The van der Waals surface area contributed by atoms with Gasteiger partial charge in [-0.15, -0.1) is 0 Å². The summed E-state index contributed by atoms with van der Waals surface area (Å²) in [5, 5.41) is 2.83. The zero-order valence-electron chi connectivity index (χ0n) is 11.4. The van der Waals surface area contributed by atoms with E-state index in [0.29, 0.717) is 24.8 Å². The number of rotatable bonds is 7. The fourth-order valence-corrected chi connectivity index (χ4v) is 1.95. The number of carbonyl (C=O) groups is 1. The summed E-state index contributed by atoms with van der Waals surface area (Å²) in [7, 11) is 0. The second kappa shape index (κ2) is 8.17. The van der Waals surface area contributed by atoms with Gasteiger partial charge in [0.1, 0.15) is 5.75 Å². The second-order valence-corrected chi connectivity index (χ2v) is 5.69. The number of carbonyl (C=O) groups excluding carboxylic acids is 1. The van der Waals surface area contributed by atoms with Crippen LogP contribution in [0.5, 0.6) is 5.75 Å². The predicted octanol–water partition coefficient (Wildman–Crippen LogP) is 2.45. The highest BCUT2D eigenvalue weighted by Gasteiger charge is 2.06. The Morgan fingerprint density at radius 2 is 2.21 bits per heavy atom. The fourth-order valence-electron chi connectivity index (χ4n) is 1.54. The molecule has 0 aromatic heterocycles. The van der Waals surface area contributed by atoms with E-state index in [9.17, 15) is 4.79 Å². The topological polar surface area (TPSA) is 64.3 Å². The van der Waals surface area contributed by atoms with Crippen molar-refractivity contribution in [2.75, 3.05) is 13.2 Å². The molecule has 0 aliphatic rings. The van der Waals surface area contributed by atoms with Crippen LogP contribution in [0.4, 0.5) is 0 Å². The SMILES string of the molecule is CC(C)CCNC(=O)COc1ccc(Br)cc1CN. The normalized spacial score (nSPS) is 10.6. The number of hydrogen-bond acceptors (Lipinski definition) is 3. The third-order valence-electron chi connectivity index (χ3n) is 2.65. The molecular formula is C14H21BrN2O2. The molecule has 0 bridgehead atoms.